The molecule has 1 rings (SSSR count). The van der Waals surface area contributed by atoms with Gasteiger partial charge < -0.3 is 4.74 Å². The Bertz CT molecular complexity index is 321. The van der Waals surface area contributed by atoms with Crippen molar-refractivity contribution in [3.63, 3.8) is 0 Å². The van der Waals surface area contributed by atoms with Crippen LogP contribution >= 0.6 is 0 Å². The highest BCUT2D eigenvalue weighted by atomic mass is 16.5. The van der Waals surface area contributed by atoms with Crippen LogP contribution in [-0.2, 0) is 16.1 Å². The fourth-order valence-electron chi connectivity index (χ4n) is 1.20. The topological polar surface area (TPSA) is 30.2 Å². The van der Waals surface area contributed by atoms with Gasteiger partial charge in [0.1, 0.15) is 0 Å². The van der Waals surface area contributed by atoms with E-state index >= 15 is 0 Å². The third kappa shape index (κ3) is 3.56. The van der Waals surface area contributed by atoms with Crippen LogP contribution in [0.3, 0.4) is 0 Å². The SMILES string of the molecule is Cc1ccc[n+](CC(=O)OC(C)C)c1. The van der Waals surface area contributed by atoms with Gasteiger partial charge in [0.05, 0.1) is 6.10 Å². The summed E-state index contributed by atoms with van der Waals surface area (Å²) < 4.78 is 6.85. The molecule has 0 aliphatic carbocycles. The van der Waals surface area contributed by atoms with Crippen LogP contribution < -0.4 is 4.57 Å². The second-order valence-corrected chi connectivity index (χ2v) is 3.59. The average molecular weight is 194 g/mol. The molecular weight excluding hydrogens is 178 g/mol. The highest BCUT2D eigenvalue weighted by molar-refractivity contribution is 5.67. The monoisotopic (exact) mass is 194 g/mol. The summed E-state index contributed by atoms with van der Waals surface area (Å²) in [6, 6.07) is 3.91. The number of hydrogen-bond acceptors (Lipinski definition) is 2. The Morgan fingerprint density at radius 3 is 2.86 bits per heavy atom. The minimum Gasteiger partial charge on any atom is -0.458 e. The summed E-state index contributed by atoms with van der Waals surface area (Å²) in [7, 11) is 0. The predicted octanol–water partition coefficient (Wildman–Crippen LogP) is 1.23. The van der Waals surface area contributed by atoms with Gasteiger partial charge in [-0.15, -0.1) is 0 Å². The molecule has 1 aromatic heterocycles. The van der Waals surface area contributed by atoms with Crippen molar-refractivity contribution in [3.05, 3.63) is 30.1 Å². The van der Waals surface area contributed by atoms with E-state index in [9.17, 15) is 4.79 Å². The van der Waals surface area contributed by atoms with Crippen LogP contribution in [0, 0.1) is 6.92 Å². The van der Waals surface area contributed by atoms with E-state index in [-0.39, 0.29) is 18.6 Å². The van der Waals surface area contributed by atoms with Crippen LogP contribution in [0.25, 0.3) is 0 Å². The zero-order valence-electron chi connectivity index (χ0n) is 8.86. The molecule has 3 heteroatoms. The van der Waals surface area contributed by atoms with E-state index in [0.29, 0.717) is 0 Å². The van der Waals surface area contributed by atoms with Gasteiger partial charge in [-0.1, -0.05) is 0 Å². The van der Waals surface area contributed by atoms with E-state index in [1.165, 1.54) is 0 Å². The third-order valence-electron chi connectivity index (χ3n) is 1.68. The van der Waals surface area contributed by atoms with Crippen molar-refractivity contribution in [1.82, 2.24) is 0 Å². The maximum Gasteiger partial charge on any atom is 0.372 e. The molecule has 0 aromatic carbocycles. The summed E-state index contributed by atoms with van der Waals surface area (Å²) in [6.45, 7) is 5.96. The van der Waals surface area contributed by atoms with Crippen molar-refractivity contribution in [2.45, 2.75) is 33.4 Å². The van der Waals surface area contributed by atoms with Crippen LogP contribution in [0.2, 0.25) is 0 Å². The van der Waals surface area contributed by atoms with E-state index in [1.807, 2.05) is 49.9 Å². The first-order valence-corrected chi connectivity index (χ1v) is 4.73. The number of carbonyl (C=O) groups is 1. The number of aromatic nitrogens is 1. The first kappa shape index (κ1) is 10.7. The summed E-state index contributed by atoms with van der Waals surface area (Å²) in [5.74, 6) is -0.199. The molecule has 0 saturated carbocycles. The highest BCUT2D eigenvalue weighted by Crippen LogP contribution is 1.92. The van der Waals surface area contributed by atoms with Gasteiger partial charge in [0.2, 0.25) is 6.54 Å². The number of ether oxygens (including phenoxy) is 1. The first-order chi connectivity index (χ1) is 6.58. The number of pyridine rings is 1. The molecule has 1 aromatic rings. The molecule has 14 heavy (non-hydrogen) atoms. The molecule has 0 unspecified atom stereocenters. The Labute approximate surface area is 84.3 Å². The van der Waals surface area contributed by atoms with Crippen molar-refractivity contribution in [2.24, 2.45) is 0 Å². The maximum absolute atomic E-state index is 11.3. The smallest absolute Gasteiger partial charge is 0.372 e. The second-order valence-electron chi connectivity index (χ2n) is 3.59. The van der Waals surface area contributed by atoms with Crippen molar-refractivity contribution < 1.29 is 14.1 Å². The van der Waals surface area contributed by atoms with E-state index < -0.39 is 0 Å². The molecule has 3 nitrogen and oxygen atoms in total. The maximum atomic E-state index is 11.3. The van der Waals surface area contributed by atoms with Gasteiger partial charge in [-0.05, 0) is 26.8 Å². The number of carbonyl (C=O) groups excluding carboxylic acids is 1. The summed E-state index contributed by atoms with van der Waals surface area (Å²) in [4.78, 5) is 11.3. The Morgan fingerprint density at radius 1 is 1.57 bits per heavy atom. The molecule has 0 fully saturated rings. The molecule has 0 atom stereocenters. The predicted molar refractivity (Wildman–Crippen MR) is 52.6 cm³/mol. The Hall–Kier alpha value is -1.38. The summed E-state index contributed by atoms with van der Waals surface area (Å²) in [5.41, 5.74) is 1.13. The van der Waals surface area contributed by atoms with E-state index in [1.54, 1.807) is 0 Å². The number of hydrogen-bond donors (Lipinski definition) is 0. The van der Waals surface area contributed by atoms with Gasteiger partial charge in [-0.2, -0.15) is 4.57 Å². The number of rotatable bonds is 3. The summed E-state index contributed by atoms with van der Waals surface area (Å²) in [5, 5.41) is 0. The molecule has 0 saturated heterocycles. The zero-order valence-corrected chi connectivity index (χ0v) is 8.86. The minimum absolute atomic E-state index is 0.0482. The van der Waals surface area contributed by atoms with Crippen LogP contribution in [0.5, 0.6) is 0 Å². The molecule has 0 amide bonds. The van der Waals surface area contributed by atoms with Gasteiger partial charge in [-0.25, -0.2) is 4.79 Å². The molecule has 76 valence electrons. The summed E-state index contributed by atoms with van der Waals surface area (Å²) in [6.07, 6.45) is 3.73. The molecule has 0 bridgehead atoms. The average Bonchev–Trinajstić information content (AvgIpc) is 2.01. The molecule has 1 heterocycles. The van der Waals surface area contributed by atoms with Gasteiger partial charge in [0.25, 0.3) is 0 Å². The molecular formula is C11H16NO2+. The quantitative estimate of drug-likeness (QED) is 0.535. The Balaban J connectivity index is 2.56. The largest absolute Gasteiger partial charge is 0.458 e. The van der Waals surface area contributed by atoms with Crippen LogP contribution in [0.4, 0.5) is 0 Å². The van der Waals surface area contributed by atoms with Gasteiger partial charge in [0.15, 0.2) is 12.4 Å². The minimum atomic E-state index is -0.199. The van der Waals surface area contributed by atoms with Crippen molar-refractivity contribution in [1.29, 1.82) is 0 Å². The zero-order chi connectivity index (χ0) is 10.6. The normalized spacial score (nSPS) is 10.3. The number of aryl methyl sites for hydroxylation is 1. The lowest BCUT2D eigenvalue weighted by molar-refractivity contribution is -0.686. The van der Waals surface area contributed by atoms with E-state index in [2.05, 4.69) is 0 Å². The molecule has 0 spiro atoms. The van der Waals surface area contributed by atoms with Crippen molar-refractivity contribution in [2.75, 3.05) is 0 Å². The lowest BCUT2D eigenvalue weighted by Crippen LogP contribution is -2.38. The molecule has 0 N–H and O–H groups in total. The Kier molecular flexibility index (Phi) is 3.63. The number of esters is 1. The third-order valence-corrected chi connectivity index (χ3v) is 1.68. The van der Waals surface area contributed by atoms with E-state index in [4.69, 9.17) is 4.74 Å². The van der Waals surface area contributed by atoms with Gasteiger partial charge in [-0.3, -0.25) is 0 Å². The lowest BCUT2D eigenvalue weighted by Gasteiger charge is -2.05. The van der Waals surface area contributed by atoms with Crippen molar-refractivity contribution in [3.8, 4) is 0 Å². The standard InChI is InChI=1S/C11H16NO2/c1-9(2)14-11(13)8-12-6-4-5-10(3)7-12/h4-7,9H,8H2,1-3H3/q+1. The van der Waals surface area contributed by atoms with Gasteiger partial charge >= 0.3 is 5.97 Å². The van der Waals surface area contributed by atoms with Crippen molar-refractivity contribution >= 4 is 5.97 Å². The Morgan fingerprint density at radius 2 is 2.29 bits per heavy atom. The number of nitrogens with zero attached hydrogens (tertiary/aromatic N) is 1. The van der Waals surface area contributed by atoms with Gasteiger partial charge in [0, 0.05) is 11.6 Å². The van der Waals surface area contributed by atoms with Crippen LogP contribution in [-0.4, -0.2) is 12.1 Å². The molecule has 0 aliphatic rings. The second kappa shape index (κ2) is 4.74. The molecule has 0 aliphatic heterocycles. The molecule has 0 radical (unpaired) electrons. The fraction of sp³-hybridized carbons (Fsp3) is 0.455. The van der Waals surface area contributed by atoms with Crippen LogP contribution in [0.15, 0.2) is 24.5 Å². The lowest BCUT2D eigenvalue weighted by atomic mass is 10.3. The fourth-order valence-corrected chi connectivity index (χ4v) is 1.20. The summed E-state index contributed by atoms with van der Waals surface area (Å²) >= 11 is 0. The van der Waals surface area contributed by atoms with E-state index in [0.717, 1.165) is 5.56 Å². The first-order valence-electron chi connectivity index (χ1n) is 4.73. The highest BCUT2D eigenvalue weighted by Gasteiger charge is 2.11. The van der Waals surface area contributed by atoms with Crippen LogP contribution in [0.1, 0.15) is 19.4 Å².